The topological polar surface area (TPSA) is 233 Å². The van der Waals surface area contributed by atoms with E-state index in [-0.39, 0.29) is 29.1 Å². The van der Waals surface area contributed by atoms with E-state index in [4.69, 9.17) is 15.7 Å². The Morgan fingerprint density at radius 1 is 1.30 bits per heavy atom. The van der Waals surface area contributed by atoms with Crippen LogP contribution in [0.5, 0.6) is 0 Å². The lowest BCUT2D eigenvalue weighted by molar-refractivity contribution is -0.139. The van der Waals surface area contributed by atoms with Crippen molar-refractivity contribution in [1.82, 2.24) is 16.0 Å². The second-order valence-electron chi connectivity index (χ2n) is 8.36. The number of nitrogens with two attached hydrogens (primary N) is 1. The Morgan fingerprint density at radius 2 is 2.00 bits per heavy atom. The van der Waals surface area contributed by atoms with Crippen LogP contribution in [0.15, 0.2) is 40.5 Å². The molecule has 2 aliphatic heterocycles. The molecule has 1 aromatic carbocycles. The first kappa shape index (κ1) is 30.1. The maximum atomic E-state index is 13.8. The Labute approximate surface area is 231 Å². The number of carbonyl (C=O) groups is 6. The molecule has 1 aromatic rings. The van der Waals surface area contributed by atoms with Crippen molar-refractivity contribution in [3.8, 4) is 0 Å². The molecule has 2 unspecified atom stereocenters. The van der Waals surface area contributed by atoms with Gasteiger partial charge in [0.2, 0.25) is 5.91 Å². The minimum atomic E-state index is -1.45. The summed E-state index contributed by atoms with van der Waals surface area (Å²) in [5, 5.41) is 31.3. The van der Waals surface area contributed by atoms with E-state index in [0.29, 0.717) is 0 Å². The molecule has 3 rings (SSSR count). The van der Waals surface area contributed by atoms with E-state index in [9.17, 15) is 33.9 Å². The molecule has 40 heavy (non-hydrogen) atoms. The molecular weight excluding hydrogens is 550 g/mol. The highest BCUT2D eigenvalue weighted by atomic mass is 32.2. The summed E-state index contributed by atoms with van der Waals surface area (Å²) in [6.07, 6.45) is -0.424. The molecule has 0 saturated heterocycles. The number of benzene rings is 1. The first-order valence-corrected chi connectivity index (χ1v) is 12.6. The highest BCUT2D eigenvalue weighted by Gasteiger charge is 2.38. The van der Waals surface area contributed by atoms with Crippen molar-refractivity contribution in [2.45, 2.75) is 24.0 Å². The third-order valence-electron chi connectivity index (χ3n) is 5.62. The van der Waals surface area contributed by atoms with Crippen LogP contribution in [0.1, 0.15) is 6.42 Å². The number of carbonyl (C=O) groups excluding carboxylic acids is 5. The number of aliphatic hydroxyl groups excluding tert-OH is 1. The van der Waals surface area contributed by atoms with E-state index in [2.05, 4.69) is 21.1 Å². The molecule has 0 aromatic heterocycles. The van der Waals surface area contributed by atoms with E-state index in [0.717, 1.165) is 9.80 Å². The van der Waals surface area contributed by atoms with Gasteiger partial charge in [0.1, 0.15) is 38.1 Å². The van der Waals surface area contributed by atoms with Crippen molar-refractivity contribution in [2.24, 2.45) is 10.9 Å². The molecule has 2 aliphatic rings. The number of oxime groups is 1. The van der Waals surface area contributed by atoms with Gasteiger partial charge in [-0.05, 0) is 12.1 Å². The first-order valence-electron chi connectivity index (χ1n) is 11.7. The summed E-state index contributed by atoms with van der Waals surface area (Å²) in [5.74, 6) is -4.68. The van der Waals surface area contributed by atoms with Gasteiger partial charge in [0.25, 0.3) is 17.7 Å². The quantitative estimate of drug-likeness (QED) is 0.0904. The SMILES string of the molecule is CO/N=C(/C(=O)NC1CN(C(=O)CO)c2ccccc2N(CC(=O)N[C@H](C=O)CC(=O)O)C1=O)C1=CSC(N)N1. The van der Waals surface area contributed by atoms with Gasteiger partial charge in [0.05, 0.1) is 36.1 Å². The van der Waals surface area contributed by atoms with E-state index in [1.54, 1.807) is 12.1 Å². The summed E-state index contributed by atoms with van der Waals surface area (Å²) >= 11 is 1.17. The fraction of sp³-hybridized carbons (Fsp3) is 0.348. The summed E-state index contributed by atoms with van der Waals surface area (Å²) in [4.78, 5) is 81.6. The number of thioether (sulfide) groups is 1. The number of aliphatic carboxylic acids is 1. The summed E-state index contributed by atoms with van der Waals surface area (Å²) in [6.45, 7) is -2.02. The normalized spacial score (nSPS) is 19.4. The van der Waals surface area contributed by atoms with Gasteiger partial charge in [-0.3, -0.25) is 28.9 Å². The number of rotatable bonds is 11. The highest BCUT2D eigenvalue weighted by molar-refractivity contribution is 8.02. The van der Waals surface area contributed by atoms with Crippen LogP contribution in [0.25, 0.3) is 0 Å². The standard InChI is InChI=1S/C23H27N7O9S/c1-39-28-20(14-11-40-23(24)27-14)21(37)26-13-7-29(18(34)10-32)15-4-2-3-5-16(15)30(22(13)38)8-17(33)25-12(9-31)6-19(35)36/h2-5,9,11-13,23,27,32H,6-8,10,24H2,1H3,(H,25,33)(H,26,37)(H,35,36)/b28-20+/t12-,13?,23?/m0/s1. The van der Waals surface area contributed by atoms with Gasteiger partial charge < -0.3 is 46.4 Å². The van der Waals surface area contributed by atoms with Crippen LogP contribution in [0.2, 0.25) is 0 Å². The predicted octanol–water partition coefficient (Wildman–Crippen LogP) is -2.58. The number of aldehydes is 1. The predicted molar refractivity (Wildman–Crippen MR) is 142 cm³/mol. The van der Waals surface area contributed by atoms with Crippen LogP contribution < -0.4 is 31.5 Å². The maximum Gasteiger partial charge on any atom is 0.305 e. The molecule has 16 nitrogen and oxygen atoms in total. The Bertz CT molecular complexity index is 1250. The van der Waals surface area contributed by atoms with Crippen LogP contribution in [0.3, 0.4) is 0 Å². The zero-order valence-corrected chi connectivity index (χ0v) is 21.9. The van der Waals surface area contributed by atoms with Crippen molar-refractivity contribution in [2.75, 3.05) is 36.6 Å². The summed E-state index contributed by atoms with van der Waals surface area (Å²) in [5.41, 5.74) is 5.46. The van der Waals surface area contributed by atoms with Crippen LogP contribution in [0.4, 0.5) is 11.4 Å². The van der Waals surface area contributed by atoms with Crippen LogP contribution >= 0.6 is 11.8 Å². The molecule has 0 fully saturated rings. The van der Waals surface area contributed by atoms with Crippen molar-refractivity contribution in [3.05, 3.63) is 35.4 Å². The molecule has 3 atom stereocenters. The zero-order chi connectivity index (χ0) is 29.4. The van der Waals surface area contributed by atoms with Crippen molar-refractivity contribution >= 4 is 64.7 Å². The second kappa shape index (κ2) is 13.5. The Hall–Kier alpha value is -4.48. The van der Waals surface area contributed by atoms with Crippen molar-refractivity contribution in [1.29, 1.82) is 0 Å². The number of nitrogens with zero attached hydrogens (tertiary/aromatic N) is 3. The van der Waals surface area contributed by atoms with Crippen LogP contribution in [-0.4, -0.2) is 96.2 Å². The third kappa shape index (κ3) is 7.13. The van der Waals surface area contributed by atoms with Crippen molar-refractivity contribution < 1.29 is 43.8 Å². The fourth-order valence-corrected chi connectivity index (χ4v) is 4.57. The highest BCUT2D eigenvalue weighted by Crippen LogP contribution is 2.33. The molecule has 17 heteroatoms. The number of aliphatic hydroxyl groups is 1. The Balaban J connectivity index is 1.96. The molecule has 0 aliphatic carbocycles. The zero-order valence-electron chi connectivity index (χ0n) is 21.1. The molecule has 0 saturated carbocycles. The largest absolute Gasteiger partial charge is 0.481 e. The lowest BCUT2D eigenvalue weighted by atomic mass is 10.2. The lowest BCUT2D eigenvalue weighted by Crippen LogP contribution is -2.56. The Morgan fingerprint density at radius 3 is 2.58 bits per heavy atom. The molecule has 7 N–H and O–H groups in total. The van der Waals surface area contributed by atoms with E-state index >= 15 is 0 Å². The number of para-hydroxylation sites is 2. The number of hydrogen-bond donors (Lipinski definition) is 6. The fourth-order valence-electron chi connectivity index (χ4n) is 3.91. The number of hydrogen-bond acceptors (Lipinski definition) is 12. The van der Waals surface area contributed by atoms with Crippen molar-refractivity contribution in [3.63, 3.8) is 0 Å². The number of nitrogens with one attached hydrogen (secondary N) is 3. The van der Waals surface area contributed by atoms with Gasteiger partial charge in [0.15, 0.2) is 5.71 Å². The number of amides is 4. The molecule has 0 radical (unpaired) electrons. The van der Waals surface area contributed by atoms with Gasteiger partial charge in [-0.25, -0.2) is 0 Å². The Kier molecular flexibility index (Phi) is 10.2. The average molecular weight is 578 g/mol. The third-order valence-corrected chi connectivity index (χ3v) is 6.41. The van der Waals surface area contributed by atoms with Gasteiger partial charge in [-0.1, -0.05) is 29.1 Å². The van der Waals surface area contributed by atoms with Gasteiger partial charge in [-0.2, -0.15) is 0 Å². The minimum absolute atomic E-state index is 0.0930. The number of carboxylic acid groups (broad SMARTS) is 1. The van der Waals surface area contributed by atoms with Crippen LogP contribution in [0, 0.1) is 0 Å². The maximum absolute atomic E-state index is 13.8. The molecule has 214 valence electrons. The van der Waals surface area contributed by atoms with Gasteiger partial charge in [-0.15, -0.1) is 0 Å². The first-order chi connectivity index (χ1) is 19.1. The van der Waals surface area contributed by atoms with E-state index in [1.807, 2.05) is 0 Å². The minimum Gasteiger partial charge on any atom is -0.481 e. The molecule has 4 amide bonds. The average Bonchev–Trinajstić information content (AvgIpc) is 3.32. The molecule has 2 heterocycles. The van der Waals surface area contributed by atoms with E-state index in [1.165, 1.54) is 36.4 Å². The number of carboxylic acids is 1. The summed E-state index contributed by atoms with van der Waals surface area (Å²) < 4.78 is 0. The lowest BCUT2D eigenvalue weighted by Gasteiger charge is -2.25. The molecule has 0 bridgehead atoms. The smallest absolute Gasteiger partial charge is 0.305 e. The second-order valence-corrected chi connectivity index (χ2v) is 9.38. The van der Waals surface area contributed by atoms with Gasteiger partial charge >= 0.3 is 5.97 Å². The number of anilines is 2. The number of fused-ring (bicyclic) bond motifs is 1. The summed E-state index contributed by atoms with van der Waals surface area (Å²) in [6, 6.07) is 3.23. The van der Waals surface area contributed by atoms with E-state index < -0.39 is 73.3 Å². The van der Waals surface area contributed by atoms with Crippen LogP contribution in [-0.2, 0) is 33.6 Å². The monoisotopic (exact) mass is 577 g/mol. The molecule has 0 spiro atoms. The molecular formula is C23H27N7O9S. The summed E-state index contributed by atoms with van der Waals surface area (Å²) in [7, 11) is 1.21. The van der Waals surface area contributed by atoms with Gasteiger partial charge in [0, 0.05) is 5.41 Å².